The summed E-state index contributed by atoms with van der Waals surface area (Å²) in [7, 11) is 0. The Balaban J connectivity index is 1.74. The minimum Gasteiger partial charge on any atom is -0.383 e. The number of nitrogens with zero attached hydrogens (tertiary/aromatic N) is 1. The van der Waals surface area contributed by atoms with Crippen molar-refractivity contribution in [1.82, 2.24) is 4.90 Å². The van der Waals surface area contributed by atoms with Crippen molar-refractivity contribution >= 4 is 17.3 Å². The predicted octanol–water partition coefficient (Wildman–Crippen LogP) is 3.73. The first-order valence-corrected chi connectivity index (χ1v) is 7.25. The SMILES string of the molecule is CC1CCN(CCNc2ccccc2Cl)CC1C. The molecule has 1 aliphatic rings. The second-order valence-corrected chi connectivity index (χ2v) is 5.86. The number of hydrogen-bond donors (Lipinski definition) is 1. The van der Waals surface area contributed by atoms with Crippen molar-refractivity contribution in [3.63, 3.8) is 0 Å². The Labute approximate surface area is 115 Å². The molecule has 18 heavy (non-hydrogen) atoms. The smallest absolute Gasteiger partial charge is 0.0637 e. The van der Waals surface area contributed by atoms with E-state index in [2.05, 4.69) is 24.1 Å². The zero-order valence-electron chi connectivity index (χ0n) is 11.3. The van der Waals surface area contributed by atoms with E-state index in [1.807, 2.05) is 24.3 Å². The lowest BCUT2D eigenvalue weighted by molar-refractivity contribution is 0.143. The molecule has 2 nitrogen and oxygen atoms in total. The Hall–Kier alpha value is -0.730. The van der Waals surface area contributed by atoms with E-state index in [0.717, 1.165) is 35.6 Å². The zero-order valence-corrected chi connectivity index (χ0v) is 12.1. The van der Waals surface area contributed by atoms with Gasteiger partial charge in [-0.15, -0.1) is 0 Å². The average molecular weight is 267 g/mol. The van der Waals surface area contributed by atoms with Gasteiger partial charge in [0.05, 0.1) is 10.7 Å². The summed E-state index contributed by atoms with van der Waals surface area (Å²) >= 11 is 6.11. The molecule has 0 saturated carbocycles. The van der Waals surface area contributed by atoms with Crippen LogP contribution >= 0.6 is 11.6 Å². The molecule has 1 saturated heterocycles. The number of para-hydroxylation sites is 1. The van der Waals surface area contributed by atoms with Gasteiger partial charge in [-0.3, -0.25) is 0 Å². The van der Waals surface area contributed by atoms with Crippen LogP contribution in [0.1, 0.15) is 20.3 Å². The van der Waals surface area contributed by atoms with Gasteiger partial charge in [0.25, 0.3) is 0 Å². The van der Waals surface area contributed by atoms with Crippen molar-refractivity contribution < 1.29 is 0 Å². The fourth-order valence-electron chi connectivity index (χ4n) is 2.51. The summed E-state index contributed by atoms with van der Waals surface area (Å²) in [6.07, 6.45) is 1.33. The Kier molecular flexibility index (Phi) is 4.90. The minimum absolute atomic E-state index is 0.804. The van der Waals surface area contributed by atoms with Gasteiger partial charge in [0.1, 0.15) is 0 Å². The standard InChI is InChI=1S/C15H23ClN2/c1-12-7-9-18(11-13(12)2)10-8-17-15-6-4-3-5-14(15)16/h3-6,12-13,17H,7-11H2,1-2H3. The van der Waals surface area contributed by atoms with E-state index < -0.39 is 0 Å². The summed E-state index contributed by atoms with van der Waals surface area (Å²) in [6.45, 7) is 9.25. The monoisotopic (exact) mass is 266 g/mol. The van der Waals surface area contributed by atoms with Gasteiger partial charge in [0.2, 0.25) is 0 Å². The van der Waals surface area contributed by atoms with E-state index in [9.17, 15) is 0 Å². The highest BCUT2D eigenvalue weighted by molar-refractivity contribution is 6.33. The zero-order chi connectivity index (χ0) is 13.0. The number of halogens is 1. The lowest BCUT2D eigenvalue weighted by Gasteiger charge is -2.35. The lowest BCUT2D eigenvalue weighted by Crippen LogP contribution is -2.40. The van der Waals surface area contributed by atoms with Crippen LogP contribution in [0.25, 0.3) is 0 Å². The predicted molar refractivity (Wildman–Crippen MR) is 79.3 cm³/mol. The first-order valence-electron chi connectivity index (χ1n) is 6.87. The maximum Gasteiger partial charge on any atom is 0.0637 e. The van der Waals surface area contributed by atoms with Gasteiger partial charge in [-0.2, -0.15) is 0 Å². The second kappa shape index (κ2) is 6.44. The fraction of sp³-hybridized carbons (Fsp3) is 0.600. The first kappa shape index (κ1) is 13.7. The van der Waals surface area contributed by atoms with E-state index in [4.69, 9.17) is 11.6 Å². The van der Waals surface area contributed by atoms with Gasteiger partial charge in [-0.05, 0) is 36.9 Å². The Morgan fingerprint density at radius 1 is 1.28 bits per heavy atom. The maximum atomic E-state index is 6.11. The number of rotatable bonds is 4. The number of benzene rings is 1. The number of hydrogen-bond acceptors (Lipinski definition) is 2. The molecule has 0 spiro atoms. The molecule has 1 aromatic carbocycles. The molecule has 0 bridgehead atoms. The molecular formula is C15H23ClN2. The summed E-state index contributed by atoms with van der Waals surface area (Å²) in [5, 5.41) is 4.22. The van der Waals surface area contributed by atoms with Gasteiger partial charge < -0.3 is 10.2 Å². The van der Waals surface area contributed by atoms with Gasteiger partial charge >= 0.3 is 0 Å². The molecule has 1 aromatic rings. The quantitative estimate of drug-likeness (QED) is 0.893. The Morgan fingerprint density at radius 3 is 2.78 bits per heavy atom. The average Bonchev–Trinajstić information content (AvgIpc) is 2.36. The van der Waals surface area contributed by atoms with Crippen LogP contribution < -0.4 is 5.32 Å². The highest BCUT2D eigenvalue weighted by Crippen LogP contribution is 2.23. The molecule has 100 valence electrons. The Morgan fingerprint density at radius 2 is 2.06 bits per heavy atom. The summed E-state index contributed by atoms with van der Waals surface area (Å²) in [5.41, 5.74) is 1.04. The van der Waals surface area contributed by atoms with Crippen LogP contribution in [0, 0.1) is 11.8 Å². The van der Waals surface area contributed by atoms with Crippen LogP contribution in [0.2, 0.25) is 5.02 Å². The summed E-state index contributed by atoms with van der Waals surface area (Å²) in [6, 6.07) is 7.93. The third-order valence-electron chi connectivity index (χ3n) is 4.04. The molecule has 0 aliphatic carbocycles. The van der Waals surface area contributed by atoms with Crippen LogP contribution in [0.5, 0.6) is 0 Å². The molecule has 3 heteroatoms. The van der Waals surface area contributed by atoms with E-state index in [0.29, 0.717) is 0 Å². The Bertz CT molecular complexity index is 381. The summed E-state index contributed by atoms with van der Waals surface area (Å²) < 4.78 is 0. The first-order chi connectivity index (χ1) is 8.66. The molecule has 2 atom stereocenters. The normalized spacial score (nSPS) is 25.1. The molecular weight excluding hydrogens is 244 g/mol. The third-order valence-corrected chi connectivity index (χ3v) is 4.37. The molecule has 1 aliphatic heterocycles. The molecule has 1 heterocycles. The van der Waals surface area contributed by atoms with Crippen molar-refractivity contribution in [2.75, 3.05) is 31.5 Å². The number of piperidine rings is 1. The fourth-order valence-corrected chi connectivity index (χ4v) is 2.71. The highest BCUT2D eigenvalue weighted by atomic mass is 35.5. The van der Waals surface area contributed by atoms with E-state index in [1.54, 1.807) is 0 Å². The van der Waals surface area contributed by atoms with Gasteiger partial charge in [0.15, 0.2) is 0 Å². The van der Waals surface area contributed by atoms with Crippen LogP contribution in [-0.4, -0.2) is 31.1 Å². The number of anilines is 1. The molecule has 0 aromatic heterocycles. The summed E-state index contributed by atoms with van der Waals surface area (Å²) in [4.78, 5) is 2.55. The van der Waals surface area contributed by atoms with E-state index in [-0.39, 0.29) is 0 Å². The van der Waals surface area contributed by atoms with E-state index in [1.165, 1.54) is 19.5 Å². The number of likely N-dealkylation sites (tertiary alicyclic amines) is 1. The molecule has 2 rings (SSSR count). The topological polar surface area (TPSA) is 15.3 Å². The molecule has 1 N–H and O–H groups in total. The van der Waals surface area contributed by atoms with Crippen molar-refractivity contribution in [2.24, 2.45) is 11.8 Å². The van der Waals surface area contributed by atoms with Crippen molar-refractivity contribution in [1.29, 1.82) is 0 Å². The maximum absolute atomic E-state index is 6.11. The van der Waals surface area contributed by atoms with Crippen molar-refractivity contribution in [2.45, 2.75) is 20.3 Å². The molecule has 1 fully saturated rings. The largest absolute Gasteiger partial charge is 0.383 e. The van der Waals surface area contributed by atoms with E-state index >= 15 is 0 Å². The minimum atomic E-state index is 0.804. The molecule has 0 radical (unpaired) electrons. The third kappa shape index (κ3) is 3.63. The lowest BCUT2D eigenvalue weighted by atomic mass is 9.89. The highest BCUT2D eigenvalue weighted by Gasteiger charge is 2.21. The van der Waals surface area contributed by atoms with Gasteiger partial charge in [0, 0.05) is 19.6 Å². The van der Waals surface area contributed by atoms with Crippen LogP contribution in [0.3, 0.4) is 0 Å². The van der Waals surface area contributed by atoms with Crippen molar-refractivity contribution in [3.8, 4) is 0 Å². The van der Waals surface area contributed by atoms with Crippen molar-refractivity contribution in [3.05, 3.63) is 29.3 Å². The molecule has 0 amide bonds. The van der Waals surface area contributed by atoms with Gasteiger partial charge in [-0.25, -0.2) is 0 Å². The summed E-state index contributed by atoms with van der Waals surface area (Å²) in [5.74, 6) is 1.69. The molecule has 2 unspecified atom stereocenters. The van der Waals surface area contributed by atoms with Crippen LogP contribution in [0.4, 0.5) is 5.69 Å². The second-order valence-electron chi connectivity index (χ2n) is 5.45. The van der Waals surface area contributed by atoms with Gasteiger partial charge in [-0.1, -0.05) is 37.6 Å². The van der Waals surface area contributed by atoms with Crippen LogP contribution in [0.15, 0.2) is 24.3 Å². The van der Waals surface area contributed by atoms with Crippen LogP contribution in [-0.2, 0) is 0 Å². The number of nitrogens with one attached hydrogen (secondary N) is 1.